The zero-order valence-electron chi connectivity index (χ0n) is 17.0. The van der Waals surface area contributed by atoms with E-state index in [4.69, 9.17) is 13.9 Å². The molecule has 1 amide bonds. The van der Waals surface area contributed by atoms with Gasteiger partial charge in [-0.1, -0.05) is 26.0 Å². The average Bonchev–Trinajstić information content (AvgIpc) is 2.70. The number of hydrogen-bond acceptors (Lipinski definition) is 5. The molecule has 29 heavy (non-hydrogen) atoms. The number of rotatable bonds is 7. The van der Waals surface area contributed by atoms with E-state index >= 15 is 0 Å². The third kappa shape index (κ3) is 4.96. The lowest BCUT2D eigenvalue weighted by atomic mass is 9.96. The molecule has 6 heteroatoms. The predicted molar refractivity (Wildman–Crippen MR) is 111 cm³/mol. The number of hydrogen-bond donors (Lipinski definition) is 1. The minimum absolute atomic E-state index is 0.138. The van der Waals surface area contributed by atoms with Gasteiger partial charge in [0.2, 0.25) is 0 Å². The molecule has 0 unspecified atom stereocenters. The smallest absolute Gasteiger partial charge is 0.336 e. The maximum atomic E-state index is 12.5. The van der Waals surface area contributed by atoms with Crippen molar-refractivity contribution in [2.75, 3.05) is 13.7 Å². The molecule has 1 N–H and O–H groups in total. The number of carbonyl (C=O) groups excluding carboxylic acids is 1. The molecule has 0 aliphatic heterocycles. The van der Waals surface area contributed by atoms with Crippen LogP contribution in [0.3, 0.4) is 0 Å². The van der Waals surface area contributed by atoms with Crippen LogP contribution in [-0.2, 0) is 4.79 Å². The Morgan fingerprint density at radius 2 is 1.76 bits per heavy atom. The minimum atomic E-state index is -0.413. The summed E-state index contributed by atoms with van der Waals surface area (Å²) in [5, 5.41) is 3.85. The largest absolute Gasteiger partial charge is 0.497 e. The monoisotopic (exact) mass is 395 g/mol. The Morgan fingerprint density at radius 3 is 2.41 bits per heavy atom. The van der Waals surface area contributed by atoms with Crippen LogP contribution in [0.2, 0.25) is 0 Å². The molecule has 0 saturated heterocycles. The van der Waals surface area contributed by atoms with E-state index in [9.17, 15) is 9.59 Å². The Bertz CT molecular complexity index is 1050. The number of benzene rings is 2. The van der Waals surface area contributed by atoms with E-state index in [-0.39, 0.29) is 24.5 Å². The molecule has 3 rings (SSSR count). The Balaban J connectivity index is 1.67. The van der Waals surface area contributed by atoms with Crippen LogP contribution in [0.25, 0.3) is 11.0 Å². The molecule has 3 aromatic rings. The summed E-state index contributed by atoms with van der Waals surface area (Å²) in [6.45, 7) is 5.80. The minimum Gasteiger partial charge on any atom is -0.497 e. The van der Waals surface area contributed by atoms with Crippen LogP contribution in [0.4, 0.5) is 0 Å². The third-order valence-corrected chi connectivity index (χ3v) is 4.75. The number of methoxy groups -OCH3 is 1. The Kier molecular flexibility index (Phi) is 6.22. The van der Waals surface area contributed by atoms with Crippen LogP contribution < -0.4 is 20.4 Å². The van der Waals surface area contributed by atoms with E-state index in [2.05, 4.69) is 5.32 Å². The van der Waals surface area contributed by atoms with Crippen molar-refractivity contribution in [3.8, 4) is 11.5 Å². The van der Waals surface area contributed by atoms with Gasteiger partial charge < -0.3 is 19.2 Å². The molecule has 2 aromatic carbocycles. The van der Waals surface area contributed by atoms with Gasteiger partial charge in [-0.3, -0.25) is 4.79 Å². The first-order valence-corrected chi connectivity index (χ1v) is 9.48. The van der Waals surface area contributed by atoms with Crippen molar-refractivity contribution in [2.24, 2.45) is 5.92 Å². The number of aryl methyl sites for hydroxylation is 1. The lowest BCUT2D eigenvalue weighted by molar-refractivity contribution is -0.124. The van der Waals surface area contributed by atoms with Crippen molar-refractivity contribution >= 4 is 16.9 Å². The zero-order chi connectivity index (χ0) is 21.0. The van der Waals surface area contributed by atoms with E-state index in [1.165, 1.54) is 6.07 Å². The van der Waals surface area contributed by atoms with E-state index < -0.39 is 5.63 Å². The fraction of sp³-hybridized carbons (Fsp3) is 0.304. The zero-order valence-corrected chi connectivity index (χ0v) is 17.0. The fourth-order valence-electron chi connectivity index (χ4n) is 3.21. The van der Waals surface area contributed by atoms with Gasteiger partial charge in [-0.25, -0.2) is 4.79 Å². The van der Waals surface area contributed by atoms with Gasteiger partial charge in [0.1, 0.15) is 17.1 Å². The normalized spacial score (nSPS) is 12.0. The molecule has 0 saturated carbocycles. The second-order valence-electron chi connectivity index (χ2n) is 7.26. The van der Waals surface area contributed by atoms with Crippen LogP contribution in [0.1, 0.15) is 31.0 Å². The summed E-state index contributed by atoms with van der Waals surface area (Å²) in [7, 11) is 1.62. The highest BCUT2D eigenvalue weighted by Crippen LogP contribution is 2.24. The Labute approximate surface area is 169 Å². The van der Waals surface area contributed by atoms with Crippen LogP contribution in [0.5, 0.6) is 11.5 Å². The van der Waals surface area contributed by atoms with Crippen molar-refractivity contribution in [1.82, 2.24) is 5.32 Å². The summed E-state index contributed by atoms with van der Waals surface area (Å²) >= 11 is 0. The van der Waals surface area contributed by atoms with Gasteiger partial charge in [-0.05, 0) is 48.2 Å². The highest BCUT2D eigenvalue weighted by atomic mass is 16.5. The molecule has 0 aliphatic rings. The standard InChI is InChI=1S/C23H25NO5/c1-14(2)23(16-5-7-17(27-4)8-6-16)24-21(25)13-28-18-9-10-19-15(3)11-22(26)29-20(19)12-18/h5-12,14,23H,13H2,1-4H3,(H,24,25)/t23-/m0/s1. The van der Waals surface area contributed by atoms with Crippen LogP contribution in [0, 0.1) is 12.8 Å². The van der Waals surface area contributed by atoms with E-state index in [0.29, 0.717) is 11.3 Å². The first kappa shape index (κ1) is 20.5. The van der Waals surface area contributed by atoms with Crippen LogP contribution in [-0.4, -0.2) is 19.6 Å². The topological polar surface area (TPSA) is 77.8 Å². The van der Waals surface area contributed by atoms with Crippen molar-refractivity contribution in [3.05, 3.63) is 70.1 Å². The summed E-state index contributed by atoms with van der Waals surface area (Å²) in [6.07, 6.45) is 0. The lowest BCUT2D eigenvalue weighted by Crippen LogP contribution is -2.35. The van der Waals surface area contributed by atoms with E-state index in [1.807, 2.05) is 51.1 Å². The van der Waals surface area contributed by atoms with Crippen molar-refractivity contribution in [3.63, 3.8) is 0 Å². The van der Waals surface area contributed by atoms with Gasteiger partial charge in [0.15, 0.2) is 6.61 Å². The summed E-state index contributed by atoms with van der Waals surface area (Å²) < 4.78 is 16.0. The molecule has 0 radical (unpaired) electrons. The lowest BCUT2D eigenvalue weighted by Gasteiger charge is -2.23. The van der Waals surface area contributed by atoms with Gasteiger partial charge in [0, 0.05) is 17.5 Å². The maximum absolute atomic E-state index is 12.5. The quantitative estimate of drug-likeness (QED) is 0.612. The Morgan fingerprint density at radius 1 is 1.07 bits per heavy atom. The van der Waals surface area contributed by atoms with Crippen LogP contribution in [0.15, 0.2) is 57.7 Å². The number of nitrogens with one attached hydrogen (secondary N) is 1. The maximum Gasteiger partial charge on any atom is 0.336 e. The second-order valence-corrected chi connectivity index (χ2v) is 7.26. The second kappa shape index (κ2) is 8.82. The van der Waals surface area contributed by atoms with Crippen LogP contribution >= 0.6 is 0 Å². The molecule has 0 aliphatic carbocycles. The number of carbonyl (C=O) groups is 1. The summed E-state index contributed by atoms with van der Waals surface area (Å²) in [5.74, 6) is 1.20. The molecular formula is C23H25NO5. The highest BCUT2D eigenvalue weighted by Gasteiger charge is 2.19. The molecule has 0 fully saturated rings. The number of fused-ring (bicyclic) bond motifs is 1. The average molecular weight is 395 g/mol. The highest BCUT2D eigenvalue weighted by molar-refractivity contribution is 5.82. The summed E-state index contributed by atoms with van der Waals surface area (Å²) in [5.41, 5.74) is 1.85. The molecule has 0 bridgehead atoms. The summed E-state index contributed by atoms with van der Waals surface area (Å²) in [4.78, 5) is 24.0. The van der Waals surface area contributed by atoms with E-state index in [0.717, 1.165) is 22.3 Å². The third-order valence-electron chi connectivity index (χ3n) is 4.75. The van der Waals surface area contributed by atoms with Crippen molar-refractivity contribution in [1.29, 1.82) is 0 Å². The molecule has 152 valence electrons. The molecule has 0 spiro atoms. The van der Waals surface area contributed by atoms with Gasteiger partial charge in [-0.15, -0.1) is 0 Å². The molecule has 6 nitrogen and oxygen atoms in total. The fourth-order valence-corrected chi connectivity index (χ4v) is 3.21. The Hall–Kier alpha value is -3.28. The predicted octanol–water partition coefficient (Wildman–Crippen LogP) is 4.00. The molecular weight excluding hydrogens is 370 g/mol. The number of ether oxygens (including phenoxy) is 2. The SMILES string of the molecule is COc1ccc([C@@H](NC(=O)COc2ccc3c(C)cc(=O)oc3c2)C(C)C)cc1. The van der Waals surface area contributed by atoms with Gasteiger partial charge >= 0.3 is 5.63 Å². The van der Waals surface area contributed by atoms with Crippen molar-refractivity contribution in [2.45, 2.75) is 26.8 Å². The molecule has 1 aromatic heterocycles. The first-order chi connectivity index (χ1) is 13.9. The summed E-state index contributed by atoms with van der Waals surface area (Å²) in [6, 6.07) is 14.1. The van der Waals surface area contributed by atoms with Gasteiger partial charge in [0.05, 0.1) is 13.2 Å². The molecule has 1 atom stereocenters. The first-order valence-electron chi connectivity index (χ1n) is 9.48. The van der Waals surface area contributed by atoms with Crippen molar-refractivity contribution < 1.29 is 18.7 Å². The number of amides is 1. The van der Waals surface area contributed by atoms with Gasteiger partial charge in [0.25, 0.3) is 5.91 Å². The molecule has 1 heterocycles. The van der Waals surface area contributed by atoms with Gasteiger partial charge in [-0.2, -0.15) is 0 Å². The van der Waals surface area contributed by atoms with E-state index in [1.54, 1.807) is 19.2 Å².